The molecule has 180 valence electrons. The predicted molar refractivity (Wildman–Crippen MR) is 131 cm³/mol. The molecule has 2 unspecified atom stereocenters. The average molecular weight is 486 g/mol. The fourth-order valence-electron chi connectivity index (χ4n) is 4.52. The Morgan fingerprint density at radius 2 is 1.65 bits per heavy atom. The van der Waals surface area contributed by atoms with Crippen molar-refractivity contribution in [3.05, 3.63) is 106 Å². The summed E-state index contributed by atoms with van der Waals surface area (Å²) < 4.78 is 42.1. The third kappa shape index (κ3) is 5.49. The summed E-state index contributed by atoms with van der Waals surface area (Å²) in [5, 5.41) is 4.00. The maximum absolute atomic E-state index is 14.8. The van der Waals surface area contributed by atoms with Gasteiger partial charge >= 0.3 is 0 Å². The molecule has 3 aromatic rings. The first-order valence-corrected chi connectivity index (χ1v) is 12.1. The third-order valence-electron chi connectivity index (χ3n) is 6.40. The standard InChI is InChI=1S/C28H30ClF2NO2/c1-2-6-21-9-10-22(27(31)26(21)30)19-33-25-17-32-16-15-28(25,23-11-13-24(29)14-12-23)34-18-20-7-4-3-5-8-20/h3-5,7-14,25,32H,2,6,15-19H2,1H3. The van der Waals surface area contributed by atoms with Gasteiger partial charge in [-0.25, -0.2) is 8.78 Å². The Kier molecular flexibility index (Phi) is 8.32. The molecule has 3 nitrogen and oxygen atoms in total. The molecule has 0 amide bonds. The number of rotatable bonds is 9. The molecule has 0 aliphatic carbocycles. The minimum Gasteiger partial charge on any atom is -0.369 e. The predicted octanol–water partition coefficient (Wildman–Crippen LogP) is 6.56. The monoisotopic (exact) mass is 485 g/mol. The Balaban J connectivity index is 1.60. The number of nitrogens with one attached hydrogen (secondary N) is 1. The lowest BCUT2D eigenvalue weighted by Gasteiger charge is -2.44. The molecule has 1 fully saturated rings. The van der Waals surface area contributed by atoms with Crippen LogP contribution in [0.4, 0.5) is 8.78 Å². The molecule has 0 aromatic heterocycles. The zero-order valence-electron chi connectivity index (χ0n) is 19.3. The lowest BCUT2D eigenvalue weighted by atomic mass is 9.82. The van der Waals surface area contributed by atoms with Gasteiger partial charge in [-0.15, -0.1) is 0 Å². The number of aryl methyl sites for hydroxylation is 1. The van der Waals surface area contributed by atoms with Crippen LogP contribution >= 0.6 is 11.6 Å². The molecule has 34 heavy (non-hydrogen) atoms. The molecule has 0 spiro atoms. The maximum Gasteiger partial charge on any atom is 0.164 e. The molecule has 1 heterocycles. The van der Waals surface area contributed by atoms with E-state index in [2.05, 4.69) is 5.32 Å². The quantitative estimate of drug-likeness (QED) is 0.372. The fraction of sp³-hybridized carbons (Fsp3) is 0.357. The van der Waals surface area contributed by atoms with Crippen molar-refractivity contribution in [2.45, 2.75) is 51.1 Å². The van der Waals surface area contributed by atoms with Gasteiger partial charge in [0.05, 0.1) is 13.2 Å². The molecule has 1 aliphatic heterocycles. The van der Waals surface area contributed by atoms with Crippen molar-refractivity contribution in [2.24, 2.45) is 0 Å². The first-order valence-electron chi connectivity index (χ1n) is 11.8. The second-order valence-corrected chi connectivity index (χ2v) is 9.12. The Morgan fingerprint density at radius 3 is 2.38 bits per heavy atom. The van der Waals surface area contributed by atoms with Crippen molar-refractivity contribution in [1.82, 2.24) is 5.32 Å². The molecule has 6 heteroatoms. The molecule has 1 N–H and O–H groups in total. The van der Waals surface area contributed by atoms with Gasteiger partial charge in [-0.2, -0.15) is 0 Å². The fourth-order valence-corrected chi connectivity index (χ4v) is 4.64. The molecule has 2 atom stereocenters. The Hall–Kier alpha value is -2.31. The summed E-state index contributed by atoms with van der Waals surface area (Å²) in [6.45, 7) is 3.56. The topological polar surface area (TPSA) is 30.5 Å². The van der Waals surface area contributed by atoms with E-state index in [9.17, 15) is 8.78 Å². The molecular weight excluding hydrogens is 456 g/mol. The van der Waals surface area contributed by atoms with Gasteiger partial charge in [-0.3, -0.25) is 0 Å². The number of halogens is 3. The highest BCUT2D eigenvalue weighted by Gasteiger charge is 2.44. The zero-order valence-corrected chi connectivity index (χ0v) is 20.1. The molecule has 1 aliphatic rings. The molecule has 3 aromatic carbocycles. The van der Waals surface area contributed by atoms with Gasteiger partial charge in [0.2, 0.25) is 0 Å². The Bertz CT molecular complexity index is 1080. The summed E-state index contributed by atoms with van der Waals surface area (Å²) in [5.41, 5.74) is 1.83. The number of ether oxygens (including phenoxy) is 2. The van der Waals surface area contributed by atoms with E-state index in [1.165, 1.54) is 0 Å². The summed E-state index contributed by atoms with van der Waals surface area (Å²) in [6.07, 6.45) is 1.51. The van der Waals surface area contributed by atoms with E-state index in [0.717, 1.165) is 24.1 Å². The summed E-state index contributed by atoms with van der Waals surface area (Å²) in [5.74, 6) is -1.62. The summed E-state index contributed by atoms with van der Waals surface area (Å²) in [6, 6.07) is 20.8. The van der Waals surface area contributed by atoms with Crippen LogP contribution < -0.4 is 5.32 Å². The van der Waals surface area contributed by atoms with Crippen LogP contribution in [0.5, 0.6) is 0 Å². The normalized spacial score (nSPS) is 20.4. The number of benzene rings is 3. The molecule has 0 radical (unpaired) electrons. The van der Waals surface area contributed by atoms with Crippen LogP contribution in [0.3, 0.4) is 0 Å². The SMILES string of the molecule is CCCc1ccc(COC2CNCCC2(OCc2ccccc2)c2ccc(Cl)cc2)c(F)c1F. The van der Waals surface area contributed by atoms with Gasteiger partial charge in [0.15, 0.2) is 11.6 Å². The van der Waals surface area contributed by atoms with Gasteiger partial charge < -0.3 is 14.8 Å². The van der Waals surface area contributed by atoms with E-state index in [-0.39, 0.29) is 12.2 Å². The van der Waals surface area contributed by atoms with Crippen LogP contribution in [0.15, 0.2) is 66.7 Å². The van der Waals surface area contributed by atoms with Crippen LogP contribution in [-0.4, -0.2) is 19.2 Å². The highest BCUT2D eigenvalue weighted by atomic mass is 35.5. The van der Waals surface area contributed by atoms with Crippen LogP contribution in [0.25, 0.3) is 0 Å². The van der Waals surface area contributed by atoms with Crippen molar-refractivity contribution in [2.75, 3.05) is 13.1 Å². The number of hydrogen-bond donors (Lipinski definition) is 1. The first kappa shape index (κ1) is 24.8. The van der Waals surface area contributed by atoms with Gasteiger partial charge in [0.25, 0.3) is 0 Å². The van der Waals surface area contributed by atoms with Crippen molar-refractivity contribution in [3.8, 4) is 0 Å². The van der Waals surface area contributed by atoms with Gasteiger partial charge in [0, 0.05) is 17.1 Å². The minimum atomic E-state index is -0.836. The van der Waals surface area contributed by atoms with E-state index < -0.39 is 23.3 Å². The largest absolute Gasteiger partial charge is 0.369 e. The highest BCUT2D eigenvalue weighted by Crippen LogP contribution is 2.39. The summed E-state index contributed by atoms with van der Waals surface area (Å²) >= 11 is 6.15. The van der Waals surface area contributed by atoms with Crippen LogP contribution in [0.2, 0.25) is 5.02 Å². The molecular formula is C28H30ClF2NO2. The Morgan fingerprint density at radius 1 is 0.941 bits per heavy atom. The lowest BCUT2D eigenvalue weighted by Crippen LogP contribution is -2.54. The second kappa shape index (κ2) is 11.4. The molecule has 4 rings (SSSR count). The number of piperidine rings is 1. The molecule has 0 bridgehead atoms. The van der Waals surface area contributed by atoms with E-state index >= 15 is 0 Å². The van der Waals surface area contributed by atoms with Crippen molar-refractivity contribution in [1.29, 1.82) is 0 Å². The van der Waals surface area contributed by atoms with Gasteiger partial charge in [-0.05, 0) is 48.2 Å². The third-order valence-corrected chi connectivity index (χ3v) is 6.65. The van der Waals surface area contributed by atoms with Crippen LogP contribution in [0, 0.1) is 11.6 Å². The van der Waals surface area contributed by atoms with E-state index in [1.807, 2.05) is 61.5 Å². The number of hydrogen-bond acceptors (Lipinski definition) is 3. The average Bonchev–Trinajstić information content (AvgIpc) is 2.87. The summed E-state index contributed by atoms with van der Waals surface area (Å²) in [4.78, 5) is 0. The van der Waals surface area contributed by atoms with Crippen LogP contribution in [0.1, 0.15) is 42.0 Å². The minimum absolute atomic E-state index is 0.0501. The van der Waals surface area contributed by atoms with Gasteiger partial charge in [-0.1, -0.05) is 79.5 Å². The molecule has 1 saturated heterocycles. The van der Waals surface area contributed by atoms with E-state index in [4.69, 9.17) is 21.1 Å². The van der Waals surface area contributed by atoms with Crippen LogP contribution in [-0.2, 0) is 34.7 Å². The Labute approximate surface area is 205 Å². The first-order chi connectivity index (χ1) is 16.5. The van der Waals surface area contributed by atoms with E-state index in [1.54, 1.807) is 12.1 Å². The summed E-state index contributed by atoms with van der Waals surface area (Å²) in [7, 11) is 0. The lowest BCUT2D eigenvalue weighted by molar-refractivity contribution is -0.176. The van der Waals surface area contributed by atoms with Crippen molar-refractivity contribution < 1.29 is 18.3 Å². The second-order valence-electron chi connectivity index (χ2n) is 8.69. The smallest absolute Gasteiger partial charge is 0.164 e. The zero-order chi connectivity index (χ0) is 24.0. The van der Waals surface area contributed by atoms with E-state index in [0.29, 0.717) is 36.6 Å². The van der Waals surface area contributed by atoms with Gasteiger partial charge in [0.1, 0.15) is 11.7 Å². The highest BCUT2D eigenvalue weighted by molar-refractivity contribution is 6.30. The maximum atomic E-state index is 14.8. The molecule has 0 saturated carbocycles. The van der Waals surface area contributed by atoms with Crippen molar-refractivity contribution in [3.63, 3.8) is 0 Å². The van der Waals surface area contributed by atoms with Crippen molar-refractivity contribution >= 4 is 11.6 Å².